The van der Waals surface area contributed by atoms with Crippen LogP contribution in [0.15, 0.2) is 47.4 Å². The zero-order valence-electron chi connectivity index (χ0n) is 12.9. The summed E-state index contributed by atoms with van der Waals surface area (Å²) in [6, 6.07) is 11.8. The molecule has 0 spiro atoms. The average Bonchev–Trinajstić information content (AvgIpc) is 2.54. The number of nitriles is 1. The lowest BCUT2D eigenvalue weighted by molar-refractivity contribution is 0.0828. The second-order valence-electron chi connectivity index (χ2n) is 5.13. The average molecular weight is 364 g/mol. The van der Waals surface area contributed by atoms with Gasteiger partial charge in [0.1, 0.15) is 0 Å². The molecule has 6 nitrogen and oxygen atoms in total. The molecule has 0 saturated heterocycles. The van der Waals surface area contributed by atoms with E-state index in [0.717, 1.165) is 0 Å². The van der Waals surface area contributed by atoms with Crippen LogP contribution in [0.2, 0.25) is 5.02 Å². The Morgan fingerprint density at radius 2 is 1.92 bits per heavy atom. The van der Waals surface area contributed by atoms with Crippen LogP contribution in [0.1, 0.15) is 15.9 Å². The molecule has 0 radical (unpaired) electrons. The van der Waals surface area contributed by atoms with Crippen molar-refractivity contribution < 1.29 is 13.2 Å². The summed E-state index contributed by atoms with van der Waals surface area (Å²) in [7, 11) is -0.853. The van der Waals surface area contributed by atoms with Crippen molar-refractivity contribution in [2.24, 2.45) is 0 Å². The van der Waals surface area contributed by atoms with Gasteiger partial charge in [0.2, 0.25) is 0 Å². The lowest BCUT2D eigenvalue weighted by Gasteiger charge is -2.16. The van der Waals surface area contributed by atoms with Crippen molar-refractivity contribution in [3.63, 3.8) is 0 Å². The van der Waals surface area contributed by atoms with Crippen molar-refractivity contribution in [3.8, 4) is 6.07 Å². The van der Waals surface area contributed by atoms with Gasteiger partial charge in [0.05, 0.1) is 27.8 Å². The summed E-state index contributed by atoms with van der Waals surface area (Å²) in [5.41, 5.74) is 0.460. The summed E-state index contributed by atoms with van der Waals surface area (Å²) in [5, 5.41) is 9.18. The highest BCUT2D eigenvalue weighted by molar-refractivity contribution is 7.92. The van der Waals surface area contributed by atoms with Crippen LogP contribution < -0.4 is 4.72 Å². The van der Waals surface area contributed by atoms with Crippen LogP contribution in [0.4, 0.5) is 5.69 Å². The van der Waals surface area contributed by atoms with E-state index in [2.05, 4.69) is 4.72 Å². The fraction of sp³-hybridized carbons (Fsp3) is 0.125. The molecule has 0 aliphatic carbocycles. The molecule has 0 saturated carbocycles. The predicted molar refractivity (Wildman–Crippen MR) is 91.4 cm³/mol. The van der Waals surface area contributed by atoms with E-state index in [4.69, 9.17) is 16.9 Å². The van der Waals surface area contributed by atoms with Crippen molar-refractivity contribution in [2.45, 2.75) is 4.90 Å². The molecule has 124 valence electrons. The van der Waals surface area contributed by atoms with E-state index in [9.17, 15) is 13.2 Å². The molecule has 2 aromatic carbocycles. The van der Waals surface area contributed by atoms with Crippen molar-refractivity contribution in [1.82, 2.24) is 4.90 Å². The minimum Gasteiger partial charge on any atom is -0.345 e. The van der Waals surface area contributed by atoms with Crippen molar-refractivity contribution in [1.29, 1.82) is 5.26 Å². The fourth-order valence-corrected chi connectivity index (χ4v) is 3.25. The smallest absolute Gasteiger partial charge is 0.261 e. The first-order chi connectivity index (χ1) is 11.2. The molecule has 0 heterocycles. The largest absolute Gasteiger partial charge is 0.345 e. The number of rotatable bonds is 4. The minimum absolute atomic E-state index is 0.0727. The number of carbonyl (C=O) groups excluding carboxylic acids is 1. The SMILES string of the molecule is CN(C)C(=O)c1ccc(Cl)cc1NS(=O)(=O)c1cccc(C#N)c1. The molecule has 2 aromatic rings. The Kier molecular flexibility index (Phi) is 5.12. The number of hydrogen-bond donors (Lipinski definition) is 1. The summed E-state index contributed by atoms with van der Waals surface area (Å²) in [5.74, 6) is -0.366. The summed E-state index contributed by atoms with van der Waals surface area (Å²) >= 11 is 5.92. The molecule has 0 unspecified atom stereocenters. The predicted octanol–water partition coefficient (Wildman–Crippen LogP) is 2.71. The zero-order valence-corrected chi connectivity index (χ0v) is 14.5. The van der Waals surface area contributed by atoms with Gasteiger partial charge in [-0.1, -0.05) is 17.7 Å². The molecule has 0 aliphatic heterocycles. The maximum atomic E-state index is 12.5. The Bertz CT molecular complexity index is 934. The van der Waals surface area contributed by atoms with Crippen LogP contribution in [-0.4, -0.2) is 33.3 Å². The second-order valence-corrected chi connectivity index (χ2v) is 7.25. The number of nitrogens with one attached hydrogen (secondary N) is 1. The highest BCUT2D eigenvalue weighted by atomic mass is 35.5. The van der Waals surface area contributed by atoms with Gasteiger partial charge < -0.3 is 4.90 Å². The molecule has 1 amide bonds. The maximum Gasteiger partial charge on any atom is 0.261 e. The van der Waals surface area contributed by atoms with E-state index in [-0.39, 0.29) is 32.6 Å². The third kappa shape index (κ3) is 3.85. The van der Waals surface area contributed by atoms with E-state index in [1.54, 1.807) is 14.1 Å². The fourth-order valence-electron chi connectivity index (χ4n) is 1.96. The number of anilines is 1. The van der Waals surface area contributed by atoms with Gasteiger partial charge in [-0.3, -0.25) is 9.52 Å². The van der Waals surface area contributed by atoms with Gasteiger partial charge in [0.15, 0.2) is 0 Å². The van der Waals surface area contributed by atoms with Gasteiger partial charge in [0.25, 0.3) is 15.9 Å². The molecule has 0 bridgehead atoms. The lowest BCUT2D eigenvalue weighted by atomic mass is 10.1. The monoisotopic (exact) mass is 363 g/mol. The first-order valence-corrected chi connectivity index (χ1v) is 8.65. The number of amides is 1. The highest BCUT2D eigenvalue weighted by Gasteiger charge is 2.20. The van der Waals surface area contributed by atoms with Crippen LogP contribution in [-0.2, 0) is 10.0 Å². The standard InChI is InChI=1S/C16H14ClN3O3S/c1-20(2)16(21)14-7-6-12(17)9-15(14)19-24(22,23)13-5-3-4-11(8-13)10-18/h3-9,19H,1-2H3. The van der Waals surface area contributed by atoms with E-state index >= 15 is 0 Å². The van der Waals surface area contributed by atoms with E-state index < -0.39 is 10.0 Å². The molecule has 0 aliphatic rings. The van der Waals surface area contributed by atoms with Crippen LogP contribution in [0.3, 0.4) is 0 Å². The number of benzene rings is 2. The summed E-state index contributed by atoms with van der Waals surface area (Å²) < 4.78 is 27.4. The highest BCUT2D eigenvalue weighted by Crippen LogP contribution is 2.25. The summed E-state index contributed by atoms with van der Waals surface area (Å²) in [6.45, 7) is 0. The lowest BCUT2D eigenvalue weighted by Crippen LogP contribution is -2.24. The third-order valence-electron chi connectivity index (χ3n) is 3.14. The molecule has 0 atom stereocenters. The van der Waals surface area contributed by atoms with Crippen molar-refractivity contribution in [2.75, 3.05) is 18.8 Å². The molecule has 24 heavy (non-hydrogen) atoms. The molecule has 1 N–H and O–H groups in total. The number of sulfonamides is 1. The molecule has 8 heteroatoms. The molecule has 2 rings (SSSR count). The molecular formula is C16H14ClN3O3S. The number of halogens is 1. The Labute approximate surface area is 145 Å². The van der Waals surface area contributed by atoms with Crippen molar-refractivity contribution in [3.05, 3.63) is 58.6 Å². The van der Waals surface area contributed by atoms with Gasteiger partial charge in [-0.25, -0.2) is 8.42 Å². The second kappa shape index (κ2) is 6.91. The van der Waals surface area contributed by atoms with Crippen LogP contribution in [0, 0.1) is 11.3 Å². The van der Waals surface area contributed by atoms with E-state index in [0.29, 0.717) is 0 Å². The van der Waals surface area contributed by atoms with Gasteiger partial charge in [0, 0.05) is 19.1 Å². The Hall–Kier alpha value is -2.56. The van der Waals surface area contributed by atoms with Crippen LogP contribution in [0.25, 0.3) is 0 Å². The Morgan fingerprint density at radius 3 is 2.54 bits per heavy atom. The normalized spacial score (nSPS) is 10.8. The maximum absolute atomic E-state index is 12.5. The van der Waals surface area contributed by atoms with Crippen molar-refractivity contribution >= 4 is 33.2 Å². The quantitative estimate of drug-likeness (QED) is 0.904. The topological polar surface area (TPSA) is 90.3 Å². The van der Waals surface area contributed by atoms with Gasteiger partial charge >= 0.3 is 0 Å². The third-order valence-corrected chi connectivity index (χ3v) is 4.73. The van der Waals surface area contributed by atoms with Crippen LogP contribution >= 0.6 is 11.6 Å². The van der Waals surface area contributed by atoms with Gasteiger partial charge in [-0.2, -0.15) is 5.26 Å². The Morgan fingerprint density at radius 1 is 1.21 bits per heavy atom. The van der Waals surface area contributed by atoms with Crippen LogP contribution in [0.5, 0.6) is 0 Å². The number of carbonyl (C=O) groups is 1. The number of hydrogen-bond acceptors (Lipinski definition) is 4. The van der Waals surface area contributed by atoms with Gasteiger partial charge in [-0.05, 0) is 36.4 Å². The molecular weight excluding hydrogens is 350 g/mol. The first-order valence-electron chi connectivity index (χ1n) is 6.79. The molecule has 0 fully saturated rings. The van der Waals surface area contributed by atoms with Gasteiger partial charge in [-0.15, -0.1) is 0 Å². The van der Waals surface area contributed by atoms with E-state index in [1.165, 1.54) is 47.4 Å². The van der Waals surface area contributed by atoms with E-state index in [1.807, 2.05) is 6.07 Å². The first kappa shape index (κ1) is 17.8. The Balaban J connectivity index is 2.48. The minimum atomic E-state index is -3.97. The molecule has 0 aromatic heterocycles. The number of nitrogens with zero attached hydrogens (tertiary/aromatic N) is 2. The zero-order chi connectivity index (χ0) is 17.9. The summed E-state index contributed by atoms with van der Waals surface area (Å²) in [6.07, 6.45) is 0. The summed E-state index contributed by atoms with van der Waals surface area (Å²) in [4.78, 5) is 13.5.